The molecule has 0 bridgehead atoms. The molecule has 9 nitrogen and oxygen atoms in total. The third-order valence-corrected chi connectivity index (χ3v) is 3.65. The molecule has 1 aromatic heterocycles. The minimum absolute atomic E-state index is 0.0401. The van der Waals surface area contributed by atoms with Gasteiger partial charge in [-0.25, -0.2) is 9.78 Å². The SMILES string of the molecule is COc1cc2c(=O)[nH]cnc2cc1OCCCN1C(=O)CNC1=O. The van der Waals surface area contributed by atoms with Crippen LogP contribution in [0.5, 0.6) is 11.5 Å². The van der Waals surface area contributed by atoms with E-state index in [-0.39, 0.29) is 37.2 Å². The van der Waals surface area contributed by atoms with Crippen LogP contribution in [0.25, 0.3) is 10.9 Å². The summed E-state index contributed by atoms with van der Waals surface area (Å²) in [5.74, 6) is 0.614. The van der Waals surface area contributed by atoms with Gasteiger partial charge in [0, 0.05) is 12.6 Å². The lowest BCUT2D eigenvalue weighted by atomic mass is 10.2. The normalized spacial score (nSPS) is 14.1. The number of aromatic amines is 1. The van der Waals surface area contributed by atoms with E-state index in [1.807, 2.05) is 0 Å². The maximum Gasteiger partial charge on any atom is 0.324 e. The molecule has 1 aromatic carbocycles. The highest BCUT2D eigenvalue weighted by Crippen LogP contribution is 2.30. The number of rotatable bonds is 6. The van der Waals surface area contributed by atoms with Crippen LogP contribution in [-0.2, 0) is 4.79 Å². The van der Waals surface area contributed by atoms with Crippen LogP contribution in [0.15, 0.2) is 23.3 Å². The molecule has 0 saturated carbocycles. The number of H-pyrrole nitrogens is 1. The Bertz CT molecular complexity index is 831. The largest absolute Gasteiger partial charge is 0.493 e. The summed E-state index contributed by atoms with van der Waals surface area (Å²) in [6, 6.07) is 2.80. The summed E-state index contributed by atoms with van der Waals surface area (Å²) in [7, 11) is 1.48. The topological polar surface area (TPSA) is 114 Å². The summed E-state index contributed by atoms with van der Waals surface area (Å²) in [6.45, 7) is 0.596. The maximum atomic E-state index is 11.8. The lowest BCUT2D eigenvalue weighted by Crippen LogP contribution is -2.32. The lowest BCUT2D eigenvalue weighted by molar-refractivity contribution is -0.125. The van der Waals surface area contributed by atoms with Crippen molar-refractivity contribution < 1.29 is 19.1 Å². The van der Waals surface area contributed by atoms with Crippen LogP contribution in [-0.4, -0.2) is 53.6 Å². The molecule has 1 aliphatic rings. The van der Waals surface area contributed by atoms with E-state index in [1.165, 1.54) is 13.4 Å². The van der Waals surface area contributed by atoms with Crippen molar-refractivity contribution >= 4 is 22.8 Å². The molecule has 0 unspecified atom stereocenters. The number of aromatic nitrogens is 2. The van der Waals surface area contributed by atoms with E-state index in [1.54, 1.807) is 12.1 Å². The third kappa shape index (κ3) is 3.00. The van der Waals surface area contributed by atoms with Crippen molar-refractivity contribution in [3.63, 3.8) is 0 Å². The van der Waals surface area contributed by atoms with Crippen molar-refractivity contribution in [2.24, 2.45) is 0 Å². The molecule has 3 rings (SSSR count). The Hall–Kier alpha value is -3.10. The van der Waals surface area contributed by atoms with Gasteiger partial charge in [-0.1, -0.05) is 0 Å². The first-order chi connectivity index (χ1) is 11.6. The van der Waals surface area contributed by atoms with Gasteiger partial charge in [0.1, 0.15) is 0 Å². The second-order valence-electron chi connectivity index (χ2n) is 5.16. The van der Waals surface area contributed by atoms with Crippen molar-refractivity contribution in [1.82, 2.24) is 20.2 Å². The fourth-order valence-corrected chi connectivity index (χ4v) is 2.43. The molecule has 0 atom stereocenters. The lowest BCUT2D eigenvalue weighted by Gasteiger charge is -2.14. The molecular formula is C15H16N4O5. The summed E-state index contributed by atoms with van der Waals surface area (Å²) >= 11 is 0. The van der Waals surface area contributed by atoms with Gasteiger partial charge in [0.2, 0.25) is 5.91 Å². The maximum absolute atomic E-state index is 11.8. The molecule has 0 spiro atoms. The highest BCUT2D eigenvalue weighted by molar-refractivity contribution is 6.01. The van der Waals surface area contributed by atoms with E-state index >= 15 is 0 Å². The van der Waals surface area contributed by atoms with Crippen LogP contribution in [0.1, 0.15) is 6.42 Å². The van der Waals surface area contributed by atoms with Gasteiger partial charge in [-0.05, 0) is 12.5 Å². The molecule has 0 aliphatic carbocycles. The monoisotopic (exact) mass is 332 g/mol. The van der Waals surface area contributed by atoms with E-state index in [9.17, 15) is 14.4 Å². The van der Waals surface area contributed by atoms with Crippen molar-refractivity contribution in [2.45, 2.75) is 6.42 Å². The Kier molecular flexibility index (Phi) is 4.32. The van der Waals surface area contributed by atoms with Crippen LogP contribution >= 0.6 is 0 Å². The molecule has 2 N–H and O–H groups in total. The van der Waals surface area contributed by atoms with Crippen molar-refractivity contribution in [3.05, 3.63) is 28.8 Å². The summed E-state index contributed by atoms with van der Waals surface area (Å²) in [5.41, 5.74) is 0.229. The number of amides is 3. The van der Waals surface area contributed by atoms with Gasteiger partial charge >= 0.3 is 6.03 Å². The Morgan fingerprint density at radius 1 is 1.25 bits per heavy atom. The van der Waals surface area contributed by atoms with E-state index in [0.717, 1.165) is 4.90 Å². The standard InChI is InChI=1S/C15H16N4O5/c1-23-11-5-9-10(17-8-18-14(9)21)6-12(11)24-4-2-3-19-13(20)7-16-15(19)22/h5-6,8H,2-4,7H2,1H3,(H,16,22)(H,17,18,21). The number of nitrogens with one attached hydrogen (secondary N) is 2. The van der Waals surface area contributed by atoms with Gasteiger partial charge in [0.05, 0.1) is 37.5 Å². The quantitative estimate of drug-likeness (QED) is 0.579. The highest BCUT2D eigenvalue weighted by atomic mass is 16.5. The van der Waals surface area contributed by atoms with E-state index in [4.69, 9.17) is 9.47 Å². The van der Waals surface area contributed by atoms with Gasteiger partial charge in [-0.3, -0.25) is 14.5 Å². The van der Waals surface area contributed by atoms with Gasteiger partial charge in [0.25, 0.3) is 5.56 Å². The zero-order chi connectivity index (χ0) is 17.1. The fraction of sp³-hybridized carbons (Fsp3) is 0.333. The number of hydrogen-bond donors (Lipinski definition) is 2. The Balaban J connectivity index is 1.67. The van der Waals surface area contributed by atoms with E-state index < -0.39 is 0 Å². The molecule has 1 fully saturated rings. The number of urea groups is 1. The van der Waals surface area contributed by atoms with Crippen molar-refractivity contribution in [2.75, 3.05) is 26.8 Å². The molecule has 1 saturated heterocycles. The first-order valence-electron chi connectivity index (χ1n) is 7.36. The summed E-state index contributed by atoms with van der Waals surface area (Å²) in [6.07, 6.45) is 1.79. The number of ether oxygens (including phenoxy) is 2. The first-order valence-corrected chi connectivity index (χ1v) is 7.36. The van der Waals surface area contributed by atoms with Gasteiger partial charge in [-0.2, -0.15) is 0 Å². The molecule has 3 amide bonds. The minimum Gasteiger partial charge on any atom is -0.493 e. The van der Waals surface area contributed by atoms with Crippen LogP contribution < -0.4 is 20.3 Å². The third-order valence-electron chi connectivity index (χ3n) is 3.65. The van der Waals surface area contributed by atoms with Crippen molar-refractivity contribution in [1.29, 1.82) is 0 Å². The number of imide groups is 1. The average Bonchev–Trinajstić information content (AvgIpc) is 2.90. The molecule has 2 heterocycles. The fourth-order valence-electron chi connectivity index (χ4n) is 2.43. The van der Waals surface area contributed by atoms with Gasteiger partial charge in [0.15, 0.2) is 11.5 Å². The summed E-state index contributed by atoms with van der Waals surface area (Å²) in [5, 5.41) is 2.86. The van der Waals surface area contributed by atoms with Crippen LogP contribution in [0, 0.1) is 0 Å². The molecule has 1 aliphatic heterocycles. The number of methoxy groups -OCH3 is 1. The minimum atomic E-state index is -0.383. The molecule has 24 heavy (non-hydrogen) atoms. The summed E-state index contributed by atoms with van der Waals surface area (Å²) in [4.78, 5) is 42.4. The Morgan fingerprint density at radius 2 is 2.08 bits per heavy atom. The first kappa shape index (κ1) is 15.8. The number of nitrogens with zero attached hydrogens (tertiary/aromatic N) is 2. The predicted octanol–water partition coefficient (Wildman–Crippen LogP) is 0.252. The number of hydrogen-bond acceptors (Lipinski definition) is 6. The number of benzene rings is 1. The van der Waals surface area contributed by atoms with Crippen LogP contribution in [0.3, 0.4) is 0 Å². The zero-order valence-corrected chi connectivity index (χ0v) is 13.0. The number of fused-ring (bicyclic) bond motifs is 1. The molecule has 9 heteroatoms. The smallest absolute Gasteiger partial charge is 0.324 e. The predicted molar refractivity (Wildman–Crippen MR) is 84.1 cm³/mol. The van der Waals surface area contributed by atoms with Crippen molar-refractivity contribution in [3.8, 4) is 11.5 Å². The average molecular weight is 332 g/mol. The Labute approximate surface area is 136 Å². The molecule has 126 valence electrons. The zero-order valence-electron chi connectivity index (χ0n) is 13.0. The van der Waals surface area contributed by atoms with Gasteiger partial charge in [-0.15, -0.1) is 0 Å². The molecule has 2 aromatic rings. The molecular weight excluding hydrogens is 316 g/mol. The summed E-state index contributed by atoms with van der Waals surface area (Å²) < 4.78 is 10.9. The van der Waals surface area contributed by atoms with Gasteiger partial charge < -0.3 is 19.8 Å². The van der Waals surface area contributed by atoms with E-state index in [2.05, 4.69) is 15.3 Å². The molecule has 0 radical (unpaired) electrons. The van der Waals surface area contributed by atoms with Crippen LogP contribution in [0.2, 0.25) is 0 Å². The highest BCUT2D eigenvalue weighted by Gasteiger charge is 2.27. The second-order valence-corrected chi connectivity index (χ2v) is 5.16. The number of carbonyl (C=O) groups is 2. The van der Waals surface area contributed by atoms with Crippen LogP contribution in [0.4, 0.5) is 4.79 Å². The van der Waals surface area contributed by atoms with E-state index in [0.29, 0.717) is 28.8 Å². The second kappa shape index (κ2) is 6.57. The number of carbonyl (C=O) groups excluding carboxylic acids is 2. The Morgan fingerprint density at radius 3 is 2.79 bits per heavy atom.